The molecule has 1 aromatic carbocycles. The molecule has 0 saturated heterocycles. The van der Waals surface area contributed by atoms with Crippen LogP contribution in [0.5, 0.6) is 5.88 Å². The molecule has 0 bridgehead atoms. The Morgan fingerprint density at radius 2 is 2.10 bits per heavy atom. The van der Waals surface area contributed by atoms with Crippen molar-refractivity contribution in [3.8, 4) is 5.88 Å². The standard InChI is InChI=1S/C20H24ClF2N3O3/c1-26(10-11-27)9-3-7-20(23,16-4-2-8-24-18(16)28)19(29)25-13-14-5-6-15(22)12-17(14)21/h2,4-6,8,12,27H,3,7,9-11,13H2,1H3,(H,24,28)(H,25,29)/t20-/m0/s1. The molecule has 0 spiro atoms. The minimum atomic E-state index is -2.52. The summed E-state index contributed by atoms with van der Waals surface area (Å²) in [5.41, 5.74) is -2.32. The van der Waals surface area contributed by atoms with Crippen LogP contribution >= 0.6 is 11.6 Å². The molecule has 29 heavy (non-hydrogen) atoms. The van der Waals surface area contributed by atoms with Gasteiger partial charge in [0.25, 0.3) is 5.91 Å². The number of aromatic hydroxyl groups is 1. The van der Waals surface area contributed by atoms with E-state index in [-0.39, 0.29) is 30.2 Å². The third-order valence-corrected chi connectivity index (χ3v) is 4.92. The molecule has 0 unspecified atom stereocenters. The predicted molar refractivity (Wildman–Crippen MR) is 106 cm³/mol. The van der Waals surface area contributed by atoms with E-state index in [0.29, 0.717) is 25.1 Å². The molecule has 3 N–H and O–H groups in total. The van der Waals surface area contributed by atoms with Crippen LogP contribution in [-0.2, 0) is 17.0 Å². The molecular weight excluding hydrogens is 404 g/mol. The van der Waals surface area contributed by atoms with Crippen LogP contribution in [0.25, 0.3) is 0 Å². The molecule has 1 amide bonds. The van der Waals surface area contributed by atoms with Gasteiger partial charge in [0.1, 0.15) is 5.82 Å². The number of pyridine rings is 1. The van der Waals surface area contributed by atoms with Crippen LogP contribution in [-0.4, -0.2) is 52.7 Å². The number of rotatable bonds is 10. The first-order valence-corrected chi connectivity index (χ1v) is 9.50. The molecule has 0 radical (unpaired) electrons. The summed E-state index contributed by atoms with van der Waals surface area (Å²) < 4.78 is 29.1. The summed E-state index contributed by atoms with van der Waals surface area (Å²) in [6.45, 7) is 0.742. The number of carbonyl (C=O) groups is 1. The third kappa shape index (κ3) is 6.09. The molecule has 0 aliphatic heterocycles. The number of hydrogen-bond acceptors (Lipinski definition) is 5. The predicted octanol–water partition coefficient (Wildman–Crippen LogP) is 2.77. The van der Waals surface area contributed by atoms with Gasteiger partial charge in [-0.2, -0.15) is 0 Å². The van der Waals surface area contributed by atoms with Crippen molar-refractivity contribution < 1.29 is 23.8 Å². The SMILES string of the molecule is CN(CCO)CCC[C@@](F)(C(=O)NCc1ccc(F)cc1Cl)c1cccnc1O. The summed E-state index contributed by atoms with van der Waals surface area (Å²) in [6.07, 6.45) is 1.39. The van der Waals surface area contributed by atoms with Gasteiger partial charge in [-0.1, -0.05) is 17.7 Å². The summed E-state index contributed by atoms with van der Waals surface area (Å²) in [5.74, 6) is -2.03. The molecule has 158 valence electrons. The van der Waals surface area contributed by atoms with E-state index in [1.807, 2.05) is 0 Å². The molecule has 9 heteroatoms. The highest BCUT2D eigenvalue weighted by molar-refractivity contribution is 6.31. The Balaban J connectivity index is 2.17. The van der Waals surface area contributed by atoms with E-state index in [0.717, 1.165) is 6.07 Å². The van der Waals surface area contributed by atoms with Crippen molar-refractivity contribution >= 4 is 17.5 Å². The fraction of sp³-hybridized carbons (Fsp3) is 0.400. The van der Waals surface area contributed by atoms with E-state index >= 15 is 4.39 Å². The van der Waals surface area contributed by atoms with Gasteiger partial charge in [-0.3, -0.25) is 4.79 Å². The van der Waals surface area contributed by atoms with Crippen LogP contribution in [0.15, 0.2) is 36.5 Å². The molecule has 0 aliphatic rings. The number of aromatic nitrogens is 1. The fourth-order valence-electron chi connectivity index (χ4n) is 2.93. The molecule has 6 nitrogen and oxygen atoms in total. The van der Waals surface area contributed by atoms with Crippen LogP contribution in [0.1, 0.15) is 24.0 Å². The number of benzene rings is 1. The van der Waals surface area contributed by atoms with Gasteiger partial charge in [0.05, 0.1) is 12.2 Å². The van der Waals surface area contributed by atoms with Crippen LogP contribution in [0.2, 0.25) is 5.02 Å². The lowest BCUT2D eigenvalue weighted by atomic mass is 9.90. The van der Waals surface area contributed by atoms with Gasteiger partial charge in [-0.05, 0) is 56.3 Å². The van der Waals surface area contributed by atoms with Gasteiger partial charge in [0, 0.05) is 24.3 Å². The van der Waals surface area contributed by atoms with E-state index in [1.54, 1.807) is 11.9 Å². The minimum Gasteiger partial charge on any atom is -0.493 e. The van der Waals surface area contributed by atoms with Gasteiger partial charge in [0.15, 0.2) is 0 Å². The van der Waals surface area contributed by atoms with Crippen LogP contribution in [0, 0.1) is 5.82 Å². The van der Waals surface area contributed by atoms with Crippen molar-refractivity contribution in [2.45, 2.75) is 25.1 Å². The lowest BCUT2D eigenvalue weighted by molar-refractivity contribution is -0.134. The summed E-state index contributed by atoms with van der Waals surface area (Å²) in [4.78, 5) is 18.3. The Labute approximate surface area is 173 Å². The number of nitrogens with zero attached hydrogens (tertiary/aromatic N) is 2. The van der Waals surface area contributed by atoms with Crippen molar-refractivity contribution in [3.63, 3.8) is 0 Å². The molecule has 2 rings (SSSR count). The Morgan fingerprint density at radius 1 is 1.34 bits per heavy atom. The first kappa shape index (κ1) is 23.0. The fourth-order valence-corrected chi connectivity index (χ4v) is 3.17. The first-order valence-electron chi connectivity index (χ1n) is 9.13. The lowest BCUT2D eigenvalue weighted by Gasteiger charge is -2.26. The van der Waals surface area contributed by atoms with Crippen molar-refractivity contribution in [1.82, 2.24) is 15.2 Å². The average molecular weight is 428 g/mol. The van der Waals surface area contributed by atoms with Crippen molar-refractivity contribution in [3.05, 3.63) is 58.5 Å². The normalized spacial score (nSPS) is 13.3. The molecule has 0 saturated carbocycles. The highest BCUT2D eigenvalue weighted by atomic mass is 35.5. The number of halogens is 3. The highest BCUT2D eigenvalue weighted by Gasteiger charge is 2.42. The van der Waals surface area contributed by atoms with E-state index in [9.17, 15) is 14.3 Å². The monoisotopic (exact) mass is 427 g/mol. The van der Waals surface area contributed by atoms with Gasteiger partial charge >= 0.3 is 0 Å². The summed E-state index contributed by atoms with van der Waals surface area (Å²) in [6, 6.07) is 6.45. The minimum absolute atomic E-state index is 0.0282. The van der Waals surface area contributed by atoms with E-state index in [4.69, 9.17) is 16.7 Å². The maximum Gasteiger partial charge on any atom is 0.262 e. The molecule has 0 fully saturated rings. The summed E-state index contributed by atoms with van der Waals surface area (Å²) in [7, 11) is 1.77. The first-order chi connectivity index (χ1) is 13.8. The quantitative estimate of drug-likeness (QED) is 0.543. The topological polar surface area (TPSA) is 85.7 Å². The number of aliphatic hydroxyl groups is 1. The molecule has 2 aromatic rings. The van der Waals surface area contributed by atoms with Crippen LogP contribution in [0.4, 0.5) is 8.78 Å². The van der Waals surface area contributed by atoms with Gasteiger partial charge in [0.2, 0.25) is 11.5 Å². The maximum absolute atomic E-state index is 15.9. The average Bonchev–Trinajstić information content (AvgIpc) is 2.67. The number of aliphatic hydroxyl groups excluding tert-OH is 1. The number of nitrogens with one attached hydrogen (secondary N) is 1. The summed E-state index contributed by atoms with van der Waals surface area (Å²) in [5, 5.41) is 21.6. The number of hydrogen-bond donors (Lipinski definition) is 3. The number of carbonyl (C=O) groups excluding carboxylic acids is 1. The molecule has 1 aromatic heterocycles. The van der Waals surface area contributed by atoms with Crippen molar-refractivity contribution in [1.29, 1.82) is 0 Å². The zero-order valence-corrected chi connectivity index (χ0v) is 16.8. The Kier molecular flexibility index (Phi) is 8.31. The van der Waals surface area contributed by atoms with Gasteiger partial charge < -0.3 is 20.4 Å². The van der Waals surface area contributed by atoms with Crippen LogP contribution in [0.3, 0.4) is 0 Å². The molecular formula is C20H24ClF2N3O3. The van der Waals surface area contributed by atoms with E-state index < -0.39 is 23.3 Å². The second-order valence-corrected chi connectivity index (χ2v) is 7.13. The van der Waals surface area contributed by atoms with Gasteiger partial charge in [-0.15, -0.1) is 0 Å². The maximum atomic E-state index is 15.9. The number of likely N-dealkylation sites (N-methyl/N-ethyl adjacent to an activating group) is 1. The van der Waals surface area contributed by atoms with Crippen molar-refractivity contribution in [2.24, 2.45) is 0 Å². The second-order valence-electron chi connectivity index (χ2n) is 6.72. The lowest BCUT2D eigenvalue weighted by Crippen LogP contribution is -2.41. The molecule has 1 atom stereocenters. The third-order valence-electron chi connectivity index (χ3n) is 4.57. The summed E-state index contributed by atoms with van der Waals surface area (Å²) >= 11 is 5.96. The number of alkyl halides is 1. The Hall–Kier alpha value is -2.29. The van der Waals surface area contributed by atoms with E-state index in [2.05, 4.69) is 10.3 Å². The largest absolute Gasteiger partial charge is 0.493 e. The van der Waals surface area contributed by atoms with Gasteiger partial charge in [-0.25, -0.2) is 13.8 Å². The zero-order valence-electron chi connectivity index (χ0n) is 16.0. The second kappa shape index (κ2) is 10.5. The molecule has 1 heterocycles. The molecule has 0 aliphatic carbocycles. The van der Waals surface area contributed by atoms with E-state index in [1.165, 1.54) is 30.5 Å². The van der Waals surface area contributed by atoms with Crippen molar-refractivity contribution in [2.75, 3.05) is 26.7 Å². The van der Waals surface area contributed by atoms with Crippen LogP contribution < -0.4 is 5.32 Å². The Morgan fingerprint density at radius 3 is 2.76 bits per heavy atom. The number of amides is 1. The zero-order chi connectivity index (χ0) is 21.4. The Bertz CT molecular complexity index is 840. The smallest absolute Gasteiger partial charge is 0.262 e. The highest BCUT2D eigenvalue weighted by Crippen LogP contribution is 2.36.